The lowest BCUT2D eigenvalue weighted by Gasteiger charge is -2.05. The molecule has 20 heavy (non-hydrogen) atoms. The van der Waals surface area contributed by atoms with Crippen LogP contribution in [-0.2, 0) is 16.4 Å². The summed E-state index contributed by atoms with van der Waals surface area (Å²) < 4.78 is 26.5. The van der Waals surface area contributed by atoms with Gasteiger partial charge in [0.1, 0.15) is 4.21 Å². The molecule has 0 unspecified atom stereocenters. The van der Waals surface area contributed by atoms with Crippen LogP contribution >= 0.6 is 11.3 Å². The van der Waals surface area contributed by atoms with Crippen LogP contribution in [0.5, 0.6) is 0 Å². The smallest absolute Gasteiger partial charge is 0.335 e. The number of carboxylic acid groups (broad SMARTS) is 1. The molecule has 2 aromatic rings. The molecule has 0 aliphatic rings. The molecule has 0 fully saturated rings. The van der Waals surface area contributed by atoms with Crippen molar-refractivity contribution in [2.45, 2.75) is 10.6 Å². The molecule has 0 radical (unpaired) electrons. The third-order valence-corrected chi connectivity index (χ3v) is 5.50. The zero-order chi connectivity index (χ0) is 14.6. The lowest BCUT2D eigenvalue weighted by atomic mass is 10.1. The van der Waals surface area contributed by atoms with Crippen molar-refractivity contribution in [1.82, 2.24) is 4.72 Å². The largest absolute Gasteiger partial charge is 0.478 e. The van der Waals surface area contributed by atoms with Crippen molar-refractivity contribution in [3.63, 3.8) is 0 Å². The number of rotatable bonds is 6. The molecule has 2 rings (SSSR count). The molecule has 106 valence electrons. The van der Waals surface area contributed by atoms with E-state index in [-0.39, 0.29) is 16.3 Å². The van der Waals surface area contributed by atoms with E-state index in [2.05, 4.69) is 4.72 Å². The fourth-order valence-corrected chi connectivity index (χ4v) is 3.75. The summed E-state index contributed by atoms with van der Waals surface area (Å²) in [5.41, 5.74) is 0.974. The van der Waals surface area contributed by atoms with Gasteiger partial charge >= 0.3 is 5.97 Å². The molecule has 2 N–H and O–H groups in total. The lowest BCUT2D eigenvalue weighted by molar-refractivity contribution is 0.0696. The molecule has 0 bridgehead atoms. The first-order valence-electron chi connectivity index (χ1n) is 5.84. The molecule has 0 saturated carbocycles. The fourth-order valence-electron chi connectivity index (χ4n) is 1.68. The summed E-state index contributed by atoms with van der Waals surface area (Å²) in [6, 6.07) is 9.68. The van der Waals surface area contributed by atoms with Crippen LogP contribution in [0.15, 0.2) is 46.0 Å². The second-order valence-electron chi connectivity index (χ2n) is 4.09. The molecule has 1 aromatic carbocycles. The second-order valence-corrected chi connectivity index (χ2v) is 7.03. The zero-order valence-corrected chi connectivity index (χ0v) is 12.1. The number of hydrogen-bond donors (Lipinski definition) is 2. The summed E-state index contributed by atoms with van der Waals surface area (Å²) in [6.07, 6.45) is 0.436. The summed E-state index contributed by atoms with van der Waals surface area (Å²) >= 11 is 1.15. The van der Waals surface area contributed by atoms with E-state index in [9.17, 15) is 13.2 Å². The number of nitrogens with one attached hydrogen (secondary N) is 1. The van der Waals surface area contributed by atoms with E-state index in [1.165, 1.54) is 12.1 Å². The number of sulfonamides is 1. The topological polar surface area (TPSA) is 83.5 Å². The highest BCUT2D eigenvalue weighted by molar-refractivity contribution is 7.91. The Morgan fingerprint density at radius 3 is 2.70 bits per heavy atom. The molecule has 0 saturated heterocycles. The van der Waals surface area contributed by atoms with Gasteiger partial charge in [-0.3, -0.25) is 0 Å². The molecule has 5 nitrogen and oxygen atoms in total. The number of benzene rings is 1. The van der Waals surface area contributed by atoms with E-state index in [1.807, 2.05) is 0 Å². The van der Waals surface area contributed by atoms with Gasteiger partial charge in [-0.25, -0.2) is 17.9 Å². The Balaban J connectivity index is 1.97. The third kappa shape index (κ3) is 3.66. The van der Waals surface area contributed by atoms with Crippen LogP contribution in [0.4, 0.5) is 0 Å². The number of thiophene rings is 1. The van der Waals surface area contributed by atoms with Gasteiger partial charge in [0, 0.05) is 6.54 Å². The molecular formula is C13H13NO4S2. The van der Waals surface area contributed by atoms with Gasteiger partial charge in [-0.05, 0) is 35.6 Å². The summed E-state index contributed by atoms with van der Waals surface area (Å²) in [4.78, 5) is 10.8. The van der Waals surface area contributed by atoms with Crippen LogP contribution in [-0.4, -0.2) is 26.0 Å². The Kier molecular flexibility index (Phi) is 4.53. The minimum absolute atomic E-state index is 0.198. The quantitative estimate of drug-likeness (QED) is 0.854. The second kappa shape index (κ2) is 6.17. The summed E-state index contributed by atoms with van der Waals surface area (Å²) in [5.74, 6) is -0.994. The molecular weight excluding hydrogens is 298 g/mol. The predicted octanol–water partition coefficient (Wildman–Crippen LogP) is 1.97. The first-order chi connectivity index (χ1) is 9.49. The zero-order valence-electron chi connectivity index (χ0n) is 10.4. The number of carbonyl (C=O) groups is 1. The molecule has 0 spiro atoms. The maximum Gasteiger partial charge on any atom is 0.335 e. The Hall–Kier alpha value is -1.70. The standard InChI is InChI=1S/C13H13NO4S2/c15-13(16)11-4-1-3-10(9-11)6-7-14-20(17,18)12-5-2-8-19-12/h1-5,8-9,14H,6-7H2,(H,15,16). The Morgan fingerprint density at radius 2 is 2.05 bits per heavy atom. The van der Waals surface area contributed by atoms with E-state index in [0.29, 0.717) is 6.42 Å². The fraction of sp³-hybridized carbons (Fsp3) is 0.154. The molecule has 1 heterocycles. The van der Waals surface area contributed by atoms with Crippen molar-refractivity contribution in [2.24, 2.45) is 0 Å². The number of hydrogen-bond acceptors (Lipinski definition) is 4. The van der Waals surface area contributed by atoms with Gasteiger partial charge in [-0.1, -0.05) is 18.2 Å². The third-order valence-electron chi connectivity index (χ3n) is 2.64. The molecule has 0 aliphatic heterocycles. The van der Waals surface area contributed by atoms with Gasteiger partial charge in [-0.15, -0.1) is 11.3 Å². The highest BCUT2D eigenvalue weighted by Gasteiger charge is 2.14. The Morgan fingerprint density at radius 1 is 1.25 bits per heavy atom. The molecule has 0 atom stereocenters. The average molecular weight is 311 g/mol. The Bertz CT molecular complexity index is 693. The maximum atomic E-state index is 11.9. The van der Waals surface area contributed by atoms with E-state index >= 15 is 0 Å². The van der Waals surface area contributed by atoms with Crippen molar-refractivity contribution in [3.05, 3.63) is 52.9 Å². The highest BCUT2D eigenvalue weighted by Crippen LogP contribution is 2.15. The summed E-state index contributed by atoms with van der Waals surface area (Å²) in [6.45, 7) is 0.226. The molecule has 1 aromatic heterocycles. The van der Waals surface area contributed by atoms with Gasteiger partial charge < -0.3 is 5.11 Å². The maximum absolute atomic E-state index is 11.9. The number of aromatic carboxylic acids is 1. The molecule has 0 amide bonds. The van der Waals surface area contributed by atoms with Gasteiger partial charge in [0.2, 0.25) is 10.0 Å². The van der Waals surface area contributed by atoms with Crippen LogP contribution in [0.3, 0.4) is 0 Å². The minimum Gasteiger partial charge on any atom is -0.478 e. The van der Waals surface area contributed by atoms with Gasteiger partial charge in [0.05, 0.1) is 5.56 Å². The van der Waals surface area contributed by atoms with E-state index in [0.717, 1.165) is 16.9 Å². The minimum atomic E-state index is -3.46. The van der Waals surface area contributed by atoms with Crippen molar-refractivity contribution in [1.29, 1.82) is 0 Å². The van der Waals surface area contributed by atoms with Crippen molar-refractivity contribution in [3.8, 4) is 0 Å². The predicted molar refractivity (Wildman–Crippen MR) is 76.6 cm³/mol. The van der Waals surface area contributed by atoms with Crippen LogP contribution in [0.1, 0.15) is 15.9 Å². The van der Waals surface area contributed by atoms with Crippen molar-refractivity contribution >= 4 is 27.3 Å². The van der Waals surface area contributed by atoms with Gasteiger partial charge in [0.15, 0.2) is 0 Å². The van der Waals surface area contributed by atoms with Crippen molar-refractivity contribution in [2.75, 3.05) is 6.54 Å². The first-order valence-corrected chi connectivity index (χ1v) is 8.21. The van der Waals surface area contributed by atoms with Crippen LogP contribution in [0, 0.1) is 0 Å². The first kappa shape index (κ1) is 14.7. The SMILES string of the molecule is O=C(O)c1cccc(CCNS(=O)(=O)c2cccs2)c1. The average Bonchev–Trinajstić information content (AvgIpc) is 2.93. The van der Waals surface area contributed by atoms with Gasteiger partial charge in [-0.2, -0.15) is 0 Å². The van der Waals surface area contributed by atoms with E-state index < -0.39 is 16.0 Å². The summed E-state index contributed by atoms with van der Waals surface area (Å²) in [5, 5.41) is 10.6. The van der Waals surface area contributed by atoms with Crippen molar-refractivity contribution < 1.29 is 18.3 Å². The number of carboxylic acids is 1. The van der Waals surface area contributed by atoms with E-state index in [4.69, 9.17) is 5.11 Å². The molecule has 0 aliphatic carbocycles. The van der Waals surface area contributed by atoms with Crippen LogP contribution in [0.2, 0.25) is 0 Å². The van der Waals surface area contributed by atoms with E-state index in [1.54, 1.807) is 29.6 Å². The Labute approximate surface area is 120 Å². The van der Waals surface area contributed by atoms with Crippen LogP contribution in [0.25, 0.3) is 0 Å². The summed E-state index contributed by atoms with van der Waals surface area (Å²) in [7, 11) is -3.46. The van der Waals surface area contributed by atoms with Crippen LogP contribution < -0.4 is 4.72 Å². The van der Waals surface area contributed by atoms with Gasteiger partial charge in [0.25, 0.3) is 0 Å². The monoisotopic (exact) mass is 311 g/mol. The lowest BCUT2D eigenvalue weighted by Crippen LogP contribution is -2.25. The normalized spacial score (nSPS) is 11.4. The molecule has 7 heteroatoms. The highest BCUT2D eigenvalue weighted by atomic mass is 32.2.